The van der Waals surface area contributed by atoms with Crippen molar-refractivity contribution in [3.63, 3.8) is 0 Å². The highest BCUT2D eigenvalue weighted by molar-refractivity contribution is 6.30. The lowest BCUT2D eigenvalue weighted by atomic mass is 9.96. The zero-order valence-electron chi connectivity index (χ0n) is 11.1. The molecular formula is C13H18ClN4O2+. The van der Waals surface area contributed by atoms with Crippen LogP contribution >= 0.6 is 11.6 Å². The third kappa shape index (κ3) is 4.18. The molecule has 0 aromatic carbocycles. The molecule has 2 heterocycles. The van der Waals surface area contributed by atoms with E-state index in [-0.39, 0.29) is 17.7 Å². The normalized spacial score (nSPS) is 22.2. The predicted molar refractivity (Wildman–Crippen MR) is 75.4 cm³/mol. The maximum atomic E-state index is 11.9. The van der Waals surface area contributed by atoms with Crippen LogP contribution in [0, 0.1) is 5.92 Å². The van der Waals surface area contributed by atoms with E-state index in [2.05, 4.69) is 10.3 Å². The monoisotopic (exact) mass is 297 g/mol. The van der Waals surface area contributed by atoms with Crippen molar-refractivity contribution < 1.29 is 14.5 Å². The van der Waals surface area contributed by atoms with Gasteiger partial charge in [-0.1, -0.05) is 11.6 Å². The van der Waals surface area contributed by atoms with E-state index in [4.69, 9.17) is 17.3 Å². The number of amides is 2. The van der Waals surface area contributed by atoms with Gasteiger partial charge in [0.05, 0.1) is 18.1 Å². The zero-order valence-corrected chi connectivity index (χ0v) is 11.8. The van der Waals surface area contributed by atoms with Crippen molar-refractivity contribution in [1.82, 2.24) is 4.98 Å². The minimum absolute atomic E-state index is 0.0419. The second-order valence-corrected chi connectivity index (χ2v) is 5.45. The number of aromatic nitrogens is 1. The number of rotatable bonds is 4. The molecule has 4 N–H and O–H groups in total. The number of pyridine rings is 1. The number of nitrogens with one attached hydrogen (secondary N) is 2. The summed E-state index contributed by atoms with van der Waals surface area (Å²) in [5.41, 5.74) is 5.28. The van der Waals surface area contributed by atoms with Crippen LogP contribution in [0.15, 0.2) is 18.3 Å². The van der Waals surface area contributed by atoms with E-state index in [1.54, 1.807) is 12.1 Å². The van der Waals surface area contributed by atoms with E-state index in [1.807, 2.05) is 0 Å². The summed E-state index contributed by atoms with van der Waals surface area (Å²) in [7, 11) is 0. The molecule has 0 spiro atoms. The van der Waals surface area contributed by atoms with Gasteiger partial charge in [0, 0.05) is 25.0 Å². The molecule has 0 atom stereocenters. The number of likely N-dealkylation sites (tertiary alicyclic amines) is 1. The summed E-state index contributed by atoms with van der Waals surface area (Å²) >= 11 is 5.73. The van der Waals surface area contributed by atoms with E-state index in [9.17, 15) is 9.59 Å². The first-order valence-corrected chi connectivity index (χ1v) is 6.96. The third-order valence-corrected chi connectivity index (χ3v) is 3.72. The molecule has 20 heavy (non-hydrogen) atoms. The van der Waals surface area contributed by atoms with E-state index in [1.165, 1.54) is 6.20 Å². The van der Waals surface area contributed by atoms with Crippen LogP contribution in [-0.2, 0) is 9.59 Å². The van der Waals surface area contributed by atoms with Gasteiger partial charge in [-0.25, -0.2) is 4.98 Å². The molecule has 2 rings (SSSR count). The number of nitrogens with two attached hydrogens (primary N) is 1. The summed E-state index contributed by atoms with van der Waals surface area (Å²) in [6.45, 7) is 1.94. The van der Waals surface area contributed by atoms with Crippen LogP contribution in [0.5, 0.6) is 0 Å². The van der Waals surface area contributed by atoms with Crippen molar-refractivity contribution in [1.29, 1.82) is 0 Å². The van der Waals surface area contributed by atoms with E-state index in [0.29, 0.717) is 17.4 Å². The number of halogens is 1. The lowest BCUT2D eigenvalue weighted by Crippen LogP contribution is -3.14. The van der Waals surface area contributed by atoms with Crippen LogP contribution < -0.4 is 16.0 Å². The molecule has 1 aliphatic heterocycles. The summed E-state index contributed by atoms with van der Waals surface area (Å²) in [4.78, 5) is 28.1. The first kappa shape index (κ1) is 14.7. The largest absolute Gasteiger partial charge is 0.369 e. The van der Waals surface area contributed by atoms with Gasteiger partial charge in [-0.15, -0.1) is 0 Å². The van der Waals surface area contributed by atoms with Crippen molar-refractivity contribution in [2.24, 2.45) is 11.7 Å². The Bertz CT molecular complexity index is 484. The average molecular weight is 298 g/mol. The Hall–Kier alpha value is -1.66. The molecule has 7 heteroatoms. The first-order valence-electron chi connectivity index (χ1n) is 6.59. The van der Waals surface area contributed by atoms with Gasteiger partial charge in [0.25, 0.3) is 5.91 Å². The molecule has 108 valence electrons. The standard InChI is InChI=1S/C13H17ClN4O2/c14-10-1-2-11(16-7-10)17-12(19)8-18-5-3-9(4-6-18)13(15)20/h1-2,7,9H,3-6,8H2,(H2,15,20)(H,16,17,19)/p+1. The van der Waals surface area contributed by atoms with Crippen molar-refractivity contribution in [2.75, 3.05) is 25.0 Å². The summed E-state index contributed by atoms with van der Waals surface area (Å²) in [5, 5.41) is 3.26. The van der Waals surface area contributed by atoms with E-state index < -0.39 is 0 Å². The van der Waals surface area contributed by atoms with Crippen LogP contribution in [0.1, 0.15) is 12.8 Å². The minimum atomic E-state index is -0.237. The number of quaternary nitrogens is 1. The number of carbonyl (C=O) groups is 2. The molecular weight excluding hydrogens is 280 g/mol. The Kier molecular flexibility index (Phi) is 4.92. The van der Waals surface area contributed by atoms with Gasteiger partial charge in [0.1, 0.15) is 5.82 Å². The van der Waals surface area contributed by atoms with Crippen LogP contribution in [0.25, 0.3) is 0 Å². The maximum absolute atomic E-state index is 11.9. The van der Waals surface area contributed by atoms with Gasteiger partial charge >= 0.3 is 0 Å². The molecule has 1 fully saturated rings. The second-order valence-electron chi connectivity index (χ2n) is 5.01. The fourth-order valence-corrected chi connectivity index (χ4v) is 2.46. The van der Waals surface area contributed by atoms with Crippen LogP contribution in [0.3, 0.4) is 0 Å². The molecule has 1 aromatic rings. The summed E-state index contributed by atoms with van der Waals surface area (Å²) in [6.07, 6.45) is 2.98. The van der Waals surface area contributed by atoms with Crippen LogP contribution in [-0.4, -0.2) is 36.4 Å². The van der Waals surface area contributed by atoms with Gasteiger partial charge in [0.15, 0.2) is 6.54 Å². The first-order chi connectivity index (χ1) is 9.54. The molecule has 0 aliphatic carbocycles. The van der Waals surface area contributed by atoms with Crippen molar-refractivity contribution in [3.05, 3.63) is 23.4 Å². The second kappa shape index (κ2) is 6.67. The quantitative estimate of drug-likeness (QED) is 0.697. The number of hydrogen-bond donors (Lipinski definition) is 3. The van der Waals surface area contributed by atoms with Gasteiger partial charge in [0.2, 0.25) is 5.91 Å². The number of hydrogen-bond acceptors (Lipinski definition) is 3. The van der Waals surface area contributed by atoms with Crippen molar-refractivity contribution in [2.45, 2.75) is 12.8 Å². The summed E-state index contributed by atoms with van der Waals surface area (Å²) in [6, 6.07) is 3.34. The Labute approximate surface area is 122 Å². The molecule has 0 unspecified atom stereocenters. The van der Waals surface area contributed by atoms with Gasteiger partial charge in [-0.05, 0) is 12.1 Å². The zero-order chi connectivity index (χ0) is 14.5. The molecule has 0 radical (unpaired) electrons. The van der Waals surface area contributed by atoms with Crippen molar-refractivity contribution in [3.8, 4) is 0 Å². The Balaban J connectivity index is 1.78. The van der Waals surface area contributed by atoms with Gasteiger partial charge in [-0.2, -0.15) is 0 Å². The Morgan fingerprint density at radius 3 is 2.65 bits per heavy atom. The Morgan fingerprint density at radius 2 is 2.10 bits per heavy atom. The average Bonchev–Trinajstić information content (AvgIpc) is 2.42. The molecule has 0 bridgehead atoms. The third-order valence-electron chi connectivity index (χ3n) is 3.50. The lowest BCUT2D eigenvalue weighted by molar-refractivity contribution is -0.897. The van der Waals surface area contributed by atoms with Gasteiger partial charge in [-0.3, -0.25) is 9.59 Å². The lowest BCUT2D eigenvalue weighted by Gasteiger charge is -2.27. The fourth-order valence-electron chi connectivity index (χ4n) is 2.35. The molecule has 1 saturated heterocycles. The van der Waals surface area contributed by atoms with Crippen molar-refractivity contribution >= 4 is 29.2 Å². The highest BCUT2D eigenvalue weighted by Crippen LogP contribution is 2.09. The number of piperidine rings is 1. The Morgan fingerprint density at radius 1 is 1.40 bits per heavy atom. The molecule has 6 nitrogen and oxygen atoms in total. The van der Waals surface area contributed by atoms with E-state index >= 15 is 0 Å². The molecule has 0 saturated carbocycles. The molecule has 2 amide bonds. The fraction of sp³-hybridized carbons (Fsp3) is 0.462. The number of carbonyl (C=O) groups excluding carboxylic acids is 2. The summed E-state index contributed by atoms with van der Waals surface area (Å²) < 4.78 is 0. The van der Waals surface area contributed by atoms with Gasteiger partial charge < -0.3 is 16.0 Å². The predicted octanol–water partition coefficient (Wildman–Crippen LogP) is -0.546. The maximum Gasteiger partial charge on any atom is 0.280 e. The highest BCUT2D eigenvalue weighted by Gasteiger charge is 2.26. The number of primary amides is 1. The topological polar surface area (TPSA) is 89.5 Å². The smallest absolute Gasteiger partial charge is 0.280 e. The SMILES string of the molecule is NC(=O)C1CC[NH+](CC(=O)Nc2ccc(Cl)cn2)CC1. The summed E-state index contributed by atoms with van der Waals surface area (Å²) in [5.74, 6) is 0.122. The van der Waals surface area contributed by atoms with E-state index in [0.717, 1.165) is 30.8 Å². The number of nitrogens with zero attached hydrogens (tertiary/aromatic N) is 1. The highest BCUT2D eigenvalue weighted by atomic mass is 35.5. The van der Waals surface area contributed by atoms with Crippen LogP contribution in [0.4, 0.5) is 5.82 Å². The molecule has 1 aromatic heterocycles. The molecule has 1 aliphatic rings. The van der Waals surface area contributed by atoms with Crippen LogP contribution in [0.2, 0.25) is 5.02 Å². The number of anilines is 1. The minimum Gasteiger partial charge on any atom is -0.369 e.